The van der Waals surface area contributed by atoms with Gasteiger partial charge >= 0.3 is 0 Å². The summed E-state index contributed by atoms with van der Waals surface area (Å²) in [6, 6.07) is 15.1. The number of hydrogen-bond acceptors (Lipinski definition) is 1. The number of benzene rings is 2. The summed E-state index contributed by atoms with van der Waals surface area (Å²) in [4.78, 5) is 14.5. The van der Waals surface area contributed by atoms with Crippen LogP contribution in [0.4, 0.5) is 4.39 Å². The Morgan fingerprint density at radius 2 is 1.86 bits per heavy atom. The van der Waals surface area contributed by atoms with Gasteiger partial charge in [0.1, 0.15) is 5.82 Å². The zero-order chi connectivity index (χ0) is 14.8. The average molecular weight is 283 g/mol. The first kappa shape index (κ1) is 13.8. The molecule has 0 heterocycles. The Bertz CT molecular complexity index is 650. The van der Waals surface area contributed by atoms with Crippen molar-refractivity contribution in [1.29, 1.82) is 0 Å². The highest BCUT2D eigenvalue weighted by atomic mass is 19.1. The van der Waals surface area contributed by atoms with Crippen LogP contribution in [0.5, 0.6) is 0 Å². The number of hydrogen-bond donors (Lipinski definition) is 0. The quantitative estimate of drug-likeness (QED) is 0.832. The van der Waals surface area contributed by atoms with Crippen molar-refractivity contribution in [3.05, 3.63) is 71.0 Å². The van der Waals surface area contributed by atoms with E-state index in [0.717, 1.165) is 18.4 Å². The Morgan fingerprint density at radius 1 is 1.14 bits per heavy atom. The van der Waals surface area contributed by atoms with E-state index in [-0.39, 0.29) is 17.5 Å². The summed E-state index contributed by atoms with van der Waals surface area (Å²) >= 11 is 0. The molecule has 0 bridgehead atoms. The summed E-state index contributed by atoms with van der Waals surface area (Å²) in [5, 5.41) is 0. The molecule has 1 aliphatic carbocycles. The molecule has 0 N–H and O–H groups in total. The van der Waals surface area contributed by atoms with Crippen LogP contribution >= 0.6 is 0 Å². The van der Waals surface area contributed by atoms with Crippen LogP contribution < -0.4 is 0 Å². The third-order valence-corrected chi connectivity index (χ3v) is 3.87. The number of carbonyl (C=O) groups excluding carboxylic acids is 1. The molecule has 0 spiro atoms. The lowest BCUT2D eigenvalue weighted by Gasteiger charge is -2.23. The van der Waals surface area contributed by atoms with E-state index in [1.807, 2.05) is 30.3 Å². The molecule has 1 saturated carbocycles. The molecule has 2 aromatic carbocycles. The van der Waals surface area contributed by atoms with Gasteiger partial charge in [-0.2, -0.15) is 0 Å². The van der Waals surface area contributed by atoms with Crippen molar-refractivity contribution in [3.8, 4) is 0 Å². The molecular formula is C18H18FNO. The molecule has 21 heavy (non-hydrogen) atoms. The van der Waals surface area contributed by atoms with Crippen LogP contribution in [0.2, 0.25) is 0 Å². The van der Waals surface area contributed by atoms with E-state index in [0.29, 0.717) is 12.1 Å². The molecule has 0 unspecified atom stereocenters. The van der Waals surface area contributed by atoms with Crippen molar-refractivity contribution in [3.63, 3.8) is 0 Å². The number of aryl methyl sites for hydroxylation is 1. The van der Waals surface area contributed by atoms with Gasteiger partial charge in [-0.3, -0.25) is 4.79 Å². The van der Waals surface area contributed by atoms with Crippen LogP contribution in [-0.2, 0) is 6.54 Å². The van der Waals surface area contributed by atoms with Gasteiger partial charge in [-0.05, 0) is 37.0 Å². The van der Waals surface area contributed by atoms with Crippen molar-refractivity contribution in [2.75, 3.05) is 0 Å². The summed E-state index contributed by atoms with van der Waals surface area (Å²) in [6.45, 7) is 2.22. The smallest absolute Gasteiger partial charge is 0.257 e. The Hall–Kier alpha value is -2.16. The second kappa shape index (κ2) is 5.68. The number of nitrogens with zero attached hydrogens (tertiary/aromatic N) is 1. The number of rotatable bonds is 4. The van der Waals surface area contributed by atoms with Crippen LogP contribution in [0, 0.1) is 12.7 Å². The largest absolute Gasteiger partial charge is 0.331 e. The molecule has 0 aromatic heterocycles. The SMILES string of the molecule is Cc1cccc(C(=O)N(Cc2ccccc2)C2CC2)c1F. The minimum Gasteiger partial charge on any atom is -0.331 e. The monoisotopic (exact) mass is 283 g/mol. The van der Waals surface area contributed by atoms with E-state index in [4.69, 9.17) is 0 Å². The van der Waals surface area contributed by atoms with Gasteiger partial charge in [0.05, 0.1) is 5.56 Å². The first-order chi connectivity index (χ1) is 10.2. The lowest BCUT2D eigenvalue weighted by atomic mass is 10.1. The van der Waals surface area contributed by atoms with Crippen LogP contribution in [-0.4, -0.2) is 16.8 Å². The molecule has 1 amide bonds. The van der Waals surface area contributed by atoms with Crippen molar-refractivity contribution in [2.24, 2.45) is 0 Å². The highest BCUT2D eigenvalue weighted by Crippen LogP contribution is 2.30. The zero-order valence-electron chi connectivity index (χ0n) is 12.1. The molecule has 0 atom stereocenters. The average Bonchev–Trinajstić information content (AvgIpc) is 3.33. The molecule has 2 aromatic rings. The Balaban J connectivity index is 1.87. The highest BCUT2D eigenvalue weighted by Gasteiger charge is 2.34. The van der Waals surface area contributed by atoms with Crippen molar-refractivity contribution in [2.45, 2.75) is 32.4 Å². The van der Waals surface area contributed by atoms with E-state index in [1.165, 1.54) is 0 Å². The van der Waals surface area contributed by atoms with Gasteiger partial charge in [-0.1, -0.05) is 42.5 Å². The Labute approximate surface area is 124 Å². The van der Waals surface area contributed by atoms with Crippen molar-refractivity contribution >= 4 is 5.91 Å². The zero-order valence-corrected chi connectivity index (χ0v) is 12.1. The number of halogens is 1. The van der Waals surface area contributed by atoms with E-state index < -0.39 is 5.82 Å². The molecule has 108 valence electrons. The normalized spacial score (nSPS) is 14.0. The van der Waals surface area contributed by atoms with Gasteiger partial charge in [-0.15, -0.1) is 0 Å². The summed E-state index contributed by atoms with van der Waals surface area (Å²) < 4.78 is 14.2. The number of carbonyl (C=O) groups is 1. The summed E-state index contributed by atoms with van der Waals surface area (Å²) in [5.41, 5.74) is 1.76. The summed E-state index contributed by atoms with van der Waals surface area (Å²) in [5.74, 6) is -0.608. The highest BCUT2D eigenvalue weighted by molar-refractivity contribution is 5.95. The minimum atomic E-state index is -0.402. The first-order valence-corrected chi connectivity index (χ1v) is 7.27. The Kier molecular flexibility index (Phi) is 3.74. The molecule has 3 heteroatoms. The van der Waals surface area contributed by atoms with Crippen molar-refractivity contribution < 1.29 is 9.18 Å². The molecule has 0 aliphatic heterocycles. The molecular weight excluding hydrogens is 265 g/mol. The fourth-order valence-electron chi connectivity index (χ4n) is 2.50. The Morgan fingerprint density at radius 3 is 2.52 bits per heavy atom. The van der Waals surface area contributed by atoms with E-state index >= 15 is 0 Å². The van der Waals surface area contributed by atoms with E-state index in [2.05, 4.69) is 0 Å². The summed E-state index contributed by atoms with van der Waals surface area (Å²) in [6.07, 6.45) is 2.01. The maximum Gasteiger partial charge on any atom is 0.257 e. The third-order valence-electron chi connectivity index (χ3n) is 3.87. The van der Waals surface area contributed by atoms with Gasteiger partial charge in [0, 0.05) is 12.6 Å². The molecule has 0 saturated heterocycles. The third kappa shape index (κ3) is 2.97. The predicted octanol–water partition coefficient (Wildman–Crippen LogP) is 3.94. The molecule has 0 radical (unpaired) electrons. The van der Waals surface area contributed by atoms with Crippen LogP contribution in [0.1, 0.15) is 34.3 Å². The van der Waals surface area contributed by atoms with Crippen molar-refractivity contribution in [1.82, 2.24) is 4.90 Å². The lowest BCUT2D eigenvalue weighted by Crippen LogP contribution is -2.33. The van der Waals surface area contributed by atoms with Gasteiger partial charge in [0.25, 0.3) is 5.91 Å². The number of amides is 1. The maximum absolute atomic E-state index is 14.2. The lowest BCUT2D eigenvalue weighted by molar-refractivity contribution is 0.0725. The van der Waals surface area contributed by atoms with Gasteiger partial charge in [0.15, 0.2) is 0 Å². The second-order valence-corrected chi connectivity index (χ2v) is 5.59. The second-order valence-electron chi connectivity index (χ2n) is 5.59. The van der Waals surface area contributed by atoms with Gasteiger partial charge in [0.2, 0.25) is 0 Å². The topological polar surface area (TPSA) is 20.3 Å². The predicted molar refractivity (Wildman–Crippen MR) is 80.5 cm³/mol. The van der Waals surface area contributed by atoms with E-state index in [9.17, 15) is 9.18 Å². The molecule has 3 rings (SSSR count). The minimum absolute atomic E-state index is 0.179. The fraction of sp³-hybridized carbons (Fsp3) is 0.278. The molecule has 1 aliphatic rings. The van der Waals surface area contributed by atoms with Gasteiger partial charge < -0.3 is 4.90 Å². The van der Waals surface area contributed by atoms with E-state index in [1.54, 1.807) is 30.0 Å². The first-order valence-electron chi connectivity index (χ1n) is 7.27. The maximum atomic E-state index is 14.2. The van der Waals surface area contributed by atoms with Gasteiger partial charge in [-0.25, -0.2) is 4.39 Å². The molecule has 2 nitrogen and oxygen atoms in total. The van der Waals surface area contributed by atoms with Crippen LogP contribution in [0.3, 0.4) is 0 Å². The van der Waals surface area contributed by atoms with Crippen LogP contribution in [0.25, 0.3) is 0 Å². The van der Waals surface area contributed by atoms with Crippen LogP contribution in [0.15, 0.2) is 48.5 Å². The molecule has 1 fully saturated rings. The standard InChI is InChI=1S/C18H18FNO/c1-13-6-5-9-16(17(13)19)18(21)20(15-10-11-15)12-14-7-3-2-4-8-14/h2-9,15H,10-12H2,1H3. The summed E-state index contributed by atoms with van der Waals surface area (Å²) in [7, 11) is 0. The fourth-order valence-corrected chi connectivity index (χ4v) is 2.50.